The van der Waals surface area contributed by atoms with Gasteiger partial charge < -0.3 is 5.73 Å². The zero-order valence-corrected chi connectivity index (χ0v) is 10.7. The van der Waals surface area contributed by atoms with Gasteiger partial charge in [0.25, 0.3) is 0 Å². The smallest absolute Gasteiger partial charge is 0.123 e. The molecule has 1 aromatic carbocycles. The van der Waals surface area contributed by atoms with Gasteiger partial charge in [0.05, 0.1) is 0 Å². The predicted molar refractivity (Wildman–Crippen MR) is 73.6 cm³/mol. The number of hydrogen-bond acceptors (Lipinski definition) is 2. The molecule has 3 heteroatoms. The Morgan fingerprint density at radius 2 is 1.94 bits per heavy atom. The van der Waals surface area contributed by atoms with Gasteiger partial charge in [-0.25, -0.2) is 0 Å². The molecule has 2 aliphatic carbocycles. The maximum atomic E-state index is 7.66. The van der Waals surface area contributed by atoms with Crippen LogP contribution in [0.3, 0.4) is 0 Å². The second kappa shape index (κ2) is 4.73. The lowest BCUT2D eigenvalue weighted by Crippen LogP contribution is -2.29. The summed E-state index contributed by atoms with van der Waals surface area (Å²) in [7, 11) is 0. The summed E-state index contributed by atoms with van der Waals surface area (Å²) in [5.74, 6) is 1.11. The van der Waals surface area contributed by atoms with Crippen molar-refractivity contribution >= 4 is 5.84 Å². The number of hydrogen-bond donors (Lipinski definition) is 2. The van der Waals surface area contributed by atoms with E-state index < -0.39 is 0 Å². The van der Waals surface area contributed by atoms with Crippen LogP contribution < -0.4 is 5.73 Å². The number of benzene rings is 1. The Balaban J connectivity index is 1.74. The summed E-state index contributed by atoms with van der Waals surface area (Å²) in [6, 6.07) is 8.86. The van der Waals surface area contributed by atoms with Gasteiger partial charge in [-0.1, -0.05) is 24.3 Å². The first-order valence-electron chi connectivity index (χ1n) is 6.90. The summed E-state index contributed by atoms with van der Waals surface area (Å²) in [6.45, 7) is 2.19. The minimum absolute atomic E-state index is 0.188. The normalized spacial score (nSPS) is 19.2. The molecule has 3 rings (SSSR count). The van der Waals surface area contributed by atoms with Gasteiger partial charge in [0.2, 0.25) is 0 Å². The fourth-order valence-corrected chi connectivity index (χ4v) is 2.55. The van der Waals surface area contributed by atoms with Gasteiger partial charge in [0.1, 0.15) is 5.84 Å². The predicted octanol–water partition coefficient (Wildman–Crippen LogP) is 2.35. The van der Waals surface area contributed by atoms with Crippen LogP contribution in [0.25, 0.3) is 0 Å². The third-order valence-corrected chi connectivity index (χ3v) is 3.93. The molecule has 2 fully saturated rings. The second-order valence-electron chi connectivity index (χ2n) is 5.67. The largest absolute Gasteiger partial charge is 0.384 e. The molecular weight excluding hydrogens is 222 g/mol. The van der Waals surface area contributed by atoms with Crippen LogP contribution in [-0.2, 0) is 6.54 Å². The molecule has 0 heterocycles. The first kappa shape index (κ1) is 11.7. The maximum Gasteiger partial charge on any atom is 0.123 e. The van der Waals surface area contributed by atoms with Gasteiger partial charge in [-0.2, -0.15) is 0 Å². The van der Waals surface area contributed by atoms with Crippen LogP contribution >= 0.6 is 0 Å². The SMILES string of the molecule is N=C(N)c1ccccc1CN(CC1CC1)C1CC1. The van der Waals surface area contributed by atoms with Crippen LogP contribution in [0.4, 0.5) is 0 Å². The first-order chi connectivity index (χ1) is 8.74. The van der Waals surface area contributed by atoms with Crippen molar-refractivity contribution in [1.82, 2.24) is 4.90 Å². The fourth-order valence-electron chi connectivity index (χ4n) is 2.55. The standard InChI is InChI=1S/C15H21N3/c16-15(17)14-4-2-1-3-12(14)10-18(13-7-8-13)9-11-5-6-11/h1-4,11,13H,5-10H2,(H3,16,17). The van der Waals surface area contributed by atoms with Crippen molar-refractivity contribution < 1.29 is 0 Å². The van der Waals surface area contributed by atoms with Gasteiger partial charge in [0.15, 0.2) is 0 Å². The summed E-state index contributed by atoms with van der Waals surface area (Å²) in [5.41, 5.74) is 7.77. The molecule has 18 heavy (non-hydrogen) atoms. The molecule has 2 aliphatic rings. The fraction of sp³-hybridized carbons (Fsp3) is 0.533. The summed E-state index contributed by atoms with van der Waals surface area (Å²) >= 11 is 0. The van der Waals surface area contributed by atoms with Crippen LogP contribution in [0.15, 0.2) is 24.3 Å². The maximum absolute atomic E-state index is 7.66. The molecule has 96 valence electrons. The third-order valence-electron chi connectivity index (χ3n) is 3.93. The Bertz CT molecular complexity index is 447. The van der Waals surface area contributed by atoms with Crippen molar-refractivity contribution in [3.8, 4) is 0 Å². The molecule has 0 unspecified atom stereocenters. The van der Waals surface area contributed by atoms with Crippen molar-refractivity contribution in [3.63, 3.8) is 0 Å². The van der Waals surface area contributed by atoms with E-state index in [0.717, 1.165) is 24.1 Å². The van der Waals surface area contributed by atoms with E-state index in [0.29, 0.717) is 0 Å². The molecule has 3 N–H and O–H groups in total. The van der Waals surface area contributed by atoms with Gasteiger partial charge >= 0.3 is 0 Å². The van der Waals surface area contributed by atoms with Crippen LogP contribution in [0, 0.1) is 11.3 Å². The number of nitrogens with two attached hydrogens (primary N) is 1. The number of nitrogen functional groups attached to an aromatic ring is 1. The zero-order chi connectivity index (χ0) is 12.5. The van der Waals surface area contributed by atoms with E-state index in [-0.39, 0.29) is 5.84 Å². The molecule has 2 saturated carbocycles. The van der Waals surface area contributed by atoms with Crippen molar-refractivity contribution in [2.24, 2.45) is 11.7 Å². The van der Waals surface area contributed by atoms with Crippen LogP contribution in [-0.4, -0.2) is 23.3 Å². The Labute approximate surface area is 108 Å². The Hall–Kier alpha value is -1.35. The summed E-state index contributed by atoms with van der Waals surface area (Å²) < 4.78 is 0. The highest BCUT2D eigenvalue weighted by Crippen LogP contribution is 2.35. The Morgan fingerprint density at radius 1 is 1.22 bits per heavy atom. The average molecular weight is 243 g/mol. The van der Waals surface area contributed by atoms with Crippen LogP contribution in [0.2, 0.25) is 0 Å². The number of rotatable bonds is 6. The van der Waals surface area contributed by atoms with Gasteiger partial charge in [-0.3, -0.25) is 10.3 Å². The molecular formula is C15H21N3. The van der Waals surface area contributed by atoms with E-state index in [4.69, 9.17) is 11.1 Å². The highest BCUT2D eigenvalue weighted by Gasteiger charge is 2.33. The number of amidine groups is 1. The van der Waals surface area contributed by atoms with E-state index in [1.54, 1.807) is 0 Å². The molecule has 0 atom stereocenters. The molecule has 0 saturated heterocycles. The minimum atomic E-state index is 0.188. The van der Waals surface area contributed by atoms with Crippen molar-refractivity contribution in [3.05, 3.63) is 35.4 Å². The van der Waals surface area contributed by atoms with Gasteiger partial charge in [-0.05, 0) is 37.2 Å². The average Bonchev–Trinajstić information content (AvgIpc) is 3.22. The number of nitrogens with zero attached hydrogens (tertiary/aromatic N) is 1. The van der Waals surface area contributed by atoms with E-state index in [1.165, 1.54) is 37.8 Å². The van der Waals surface area contributed by atoms with Crippen molar-refractivity contribution in [2.45, 2.75) is 38.3 Å². The molecule has 3 nitrogen and oxygen atoms in total. The summed E-state index contributed by atoms with van der Waals surface area (Å²) in [6.07, 6.45) is 5.49. The summed E-state index contributed by atoms with van der Waals surface area (Å²) in [4.78, 5) is 2.60. The first-order valence-corrected chi connectivity index (χ1v) is 6.90. The topological polar surface area (TPSA) is 53.1 Å². The molecule has 0 aliphatic heterocycles. The van der Waals surface area contributed by atoms with E-state index in [2.05, 4.69) is 11.0 Å². The van der Waals surface area contributed by atoms with Gasteiger partial charge in [-0.15, -0.1) is 0 Å². The molecule has 0 bridgehead atoms. The monoisotopic (exact) mass is 243 g/mol. The molecule has 0 aromatic heterocycles. The van der Waals surface area contributed by atoms with E-state index in [1.807, 2.05) is 18.2 Å². The van der Waals surface area contributed by atoms with Crippen molar-refractivity contribution in [2.75, 3.05) is 6.54 Å². The lowest BCUT2D eigenvalue weighted by Gasteiger charge is -2.23. The quantitative estimate of drug-likeness (QED) is 0.595. The molecule has 1 aromatic rings. The molecule has 0 amide bonds. The second-order valence-corrected chi connectivity index (χ2v) is 5.67. The minimum Gasteiger partial charge on any atom is -0.384 e. The van der Waals surface area contributed by atoms with Crippen molar-refractivity contribution in [1.29, 1.82) is 5.41 Å². The highest BCUT2D eigenvalue weighted by atomic mass is 15.2. The third kappa shape index (κ3) is 2.72. The highest BCUT2D eigenvalue weighted by molar-refractivity contribution is 5.96. The Kier molecular flexibility index (Phi) is 3.08. The zero-order valence-electron chi connectivity index (χ0n) is 10.7. The lowest BCUT2D eigenvalue weighted by atomic mass is 10.1. The van der Waals surface area contributed by atoms with Crippen LogP contribution in [0.5, 0.6) is 0 Å². The van der Waals surface area contributed by atoms with E-state index >= 15 is 0 Å². The van der Waals surface area contributed by atoms with E-state index in [9.17, 15) is 0 Å². The molecule has 0 radical (unpaired) electrons. The summed E-state index contributed by atoms with van der Waals surface area (Å²) in [5, 5.41) is 7.66. The molecule has 0 spiro atoms. The van der Waals surface area contributed by atoms with Crippen LogP contribution in [0.1, 0.15) is 36.8 Å². The number of nitrogens with one attached hydrogen (secondary N) is 1. The van der Waals surface area contributed by atoms with Gasteiger partial charge in [0, 0.05) is 24.7 Å². The lowest BCUT2D eigenvalue weighted by molar-refractivity contribution is 0.244. The Morgan fingerprint density at radius 3 is 2.56 bits per heavy atom.